The monoisotopic (exact) mass is 208 g/mol. The Bertz CT molecular complexity index is 285. The zero-order valence-electron chi connectivity index (χ0n) is 9.73. The number of pyridine rings is 1. The van der Waals surface area contributed by atoms with Crippen LogP contribution in [-0.2, 0) is 11.2 Å². The van der Waals surface area contributed by atoms with E-state index in [1.807, 2.05) is 39.1 Å². The summed E-state index contributed by atoms with van der Waals surface area (Å²) in [5.41, 5.74) is 6.98. The molecule has 0 aromatic carbocycles. The van der Waals surface area contributed by atoms with Crippen molar-refractivity contribution in [3.05, 3.63) is 30.1 Å². The quantitative estimate of drug-likeness (QED) is 0.802. The zero-order valence-corrected chi connectivity index (χ0v) is 9.73. The maximum absolute atomic E-state index is 6.12. The molecule has 3 nitrogen and oxygen atoms in total. The molecule has 0 spiro atoms. The molecule has 1 unspecified atom stereocenters. The molecule has 15 heavy (non-hydrogen) atoms. The standard InChI is InChI=1S/C12H20N2O/c1-4-15-12(2,3)11(13)8-10-6-5-7-14-9-10/h5-7,9,11H,4,8,13H2,1-3H3. The summed E-state index contributed by atoms with van der Waals surface area (Å²) in [6.07, 6.45) is 4.41. The van der Waals surface area contributed by atoms with E-state index in [1.54, 1.807) is 6.20 Å². The summed E-state index contributed by atoms with van der Waals surface area (Å²) in [4.78, 5) is 4.07. The van der Waals surface area contributed by atoms with Crippen molar-refractivity contribution in [1.82, 2.24) is 4.98 Å². The Hall–Kier alpha value is -0.930. The average molecular weight is 208 g/mol. The second kappa shape index (κ2) is 5.24. The lowest BCUT2D eigenvalue weighted by Gasteiger charge is -2.31. The van der Waals surface area contributed by atoms with E-state index in [1.165, 1.54) is 0 Å². The highest BCUT2D eigenvalue weighted by molar-refractivity contribution is 5.11. The van der Waals surface area contributed by atoms with Gasteiger partial charge >= 0.3 is 0 Å². The highest BCUT2D eigenvalue weighted by Crippen LogP contribution is 2.16. The minimum absolute atomic E-state index is 0.0124. The third kappa shape index (κ3) is 3.61. The zero-order chi connectivity index (χ0) is 11.3. The predicted octanol–water partition coefficient (Wildman–Crippen LogP) is 1.77. The van der Waals surface area contributed by atoms with E-state index in [-0.39, 0.29) is 11.6 Å². The summed E-state index contributed by atoms with van der Waals surface area (Å²) in [5, 5.41) is 0. The normalized spacial score (nSPS) is 13.9. The van der Waals surface area contributed by atoms with Gasteiger partial charge in [0.15, 0.2) is 0 Å². The maximum Gasteiger partial charge on any atom is 0.0779 e. The van der Waals surface area contributed by atoms with Crippen LogP contribution in [0.5, 0.6) is 0 Å². The molecular weight excluding hydrogens is 188 g/mol. The smallest absolute Gasteiger partial charge is 0.0779 e. The van der Waals surface area contributed by atoms with Gasteiger partial charge in [-0.1, -0.05) is 6.07 Å². The number of hydrogen-bond acceptors (Lipinski definition) is 3. The molecule has 0 bridgehead atoms. The number of hydrogen-bond donors (Lipinski definition) is 1. The Morgan fingerprint density at radius 2 is 2.27 bits per heavy atom. The minimum atomic E-state index is -0.287. The van der Waals surface area contributed by atoms with Gasteiger partial charge in [0.25, 0.3) is 0 Å². The molecular formula is C12H20N2O. The van der Waals surface area contributed by atoms with Crippen LogP contribution in [0.15, 0.2) is 24.5 Å². The molecule has 0 aliphatic heterocycles. The molecule has 2 N–H and O–H groups in total. The number of aromatic nitrogens is 1. The van der Waals surface area contributed by atoms with Gasteiger partial charge in [0.2, 0.25) is 0 Å². The average Bonchev–Trinajstić information content (AvgIpc) is 2.19. The highest BCUT2D eigenvalue weighted by Gasteiger charge is 2.26. The molecule has 3 heteroatoms. The van der Waals surface area contributed by atoms with Gasteiger partial charge in [0.1, 0.15) is 0 Å². The topological polar surface area (TPSA) is 48.1 Å². The van der Waals surface area contributed by atoms with Crippen LogP contribution in [0, 0.1) is 0 Å². The first-order valence-electron chi connectivity index (χ1n) is 5.34. The van der Waals surface area contributed by atoms with Gasteiger partial charge in [0.05, 0.1) is 5.60 Å². The van der Waals surface area contributed by atoms with Crippen molar-refractivity contribution in [3.63, 3.8) is 0 Å². The molecule has 1 atom stereocenters. The summed E-state index contributed by atoms with van der Waals surface area (Å²) in [7, 11) is 0. The maximum atomic E-state index is 6.12. The van der Waals surface area contributed by atoms with Crippen LogP contribution in [0.1, 0.15) is 26.3 Å². The van der Waals surface area contributed by atoms with Crippen molar-refractivity contribution in [2.75, 3.05) is 6.61 Å². The van der Waals surface area contributed by atoms with E-state index in [4.69, 9.17) is 10.5 Å². The Labute approximate surface area is 91.7 Å². The van der Waals surface area contributed by atoms with Crippen LogP contribution in [0.2, 0.25) is 0 Å². The van der Waals surface area contributed by atoms with E-state index < -0.39 is 0 Å². The Morgan fingerprint density at radius 1 is 1.53 bits per heavy atom. The van der Waals surface area contributed by atoms with Crippen molar-refractivity contribution in [1.29, 1.82) is 0 Å². The summed E-state index contributed by atoms with van der Waals surface area (Å²) in [6.45, 7) is 6.72. The summed E-state index contributed by atoms with van der Waals surface area (Å²) < 4.78 is 5.62. The van der Waals surface area contributed by atoms with Crippen molar-refractivity contribution >= 4 is 0 Å². The van der Waals surface area contributed by atoms with Crippen LogP contribution in [0.4, 0.5) is 0 Å². The summed E-state index contributed by atoms with van der Waals surface area (Å²) >= 11 is 0. The van der Waals surface area contributed by atoms with Crippen LogP contribution < -0.4 is 5.73 Å². The SMILES string of the molecule is CCOC(C)(C)C(N)Cc1cccnc1. The van der Waals surface area contributed by atoms with Gasteiger partial charge in [0, 0.05) is 25.0 Å². The van der Waals surface area contributed by atoms with Crippen LogP contribution in [0.3, 0.4) is 0 Å². The van der Waals surface area contributed by atoms with Crippen LogP contribution in [-0.4, -0.2) is 23.2 Å². The molecule has 0 saturated carbocycles. The molecule has 1 aromatic rings. The fourth-order valence-electron chi connectivity index (χ4n) is 1.50. The van der Waals surface area contributed by atoms with Crippen molar-refractivity contribution in [2.24, 2.45) is 5.73 Å². The first-order valence-corrected chi connectivity index (χ1v) is 5.34. The molecule has 1 aromatic heterocycles. The van der Waals surface area contributed by atoms with Gasteiger partial charge in [-0.2, -0.15) is 0 Å². The van der Waals surface area contributed by atoms with Gasteiger partial charge in [-0.05, 0) is 38.8 Å². The number of ether oxygens (including phenoxy) is 1. The third-order valence-electron chi connectivity index (χ3n) is 2.59. The second-order valence-corrected chi connectivity index (χ2v) is 4.21. The molecule has 1 heterocycles. The van der Waals surface area contributed by atoms with Crippen LogP contribution in [0.25, 0.3) is 0 Å². The van der Waals surface area contributed by atoms with Crippen molar-refractivity contribution < 1.29 is 4.74 Å². The van der Waals surface area contributed by atoms with Crippen molar-refractivity contribution in [3.8, 4) is 0 Å². The fourth-order valence-corrected chi connectivity index (χ4v) is 1.50. The molecule has 84 valence electrons. The molecule has 0 saturated heterocycles. The lowest BCUT2D eigenvalue weighted by Crippen LogP contribution is -2.46. The molecule has 0 fully saturated rings. The molecule has 0 aliphatic rings. The predicted molar refractivity (Wildman–Crippen MR) is 61.6 cm³/mol. The summed E-state index contributed by atoms with van der Waals surface area (Å²) in [5.74, 6) is 0. The summed E-state index contributed by atoms with van der Waals surface area (Å²) in [6, 6.07) is 3.95. The minimum Gasteiger partial charge on any atom is -0.374 e. The van der Waals surface area contributed by atoms with E-state index in [0.717, 1.165) is 12.0 Å². The first kappa shape index (κ1) is 12.1. The van der Waals surface area contributed by atoms with Gasteiger partial charge in [-0.25, -0.2) is 0 Å². The van der Waals surface area contributed by atoms with E-state index in [9.17, 15) is 0 Å². The van der Waals surface area contributed by atoms with E-state index in [0.29, 0.717) is 6.61 Å². The number of nitrogens with two attached hydrogens (primary N) is 1. The molecule has 1 rings (SSSR count). The first-order chi connectivity index (χ1) is 7.06. The second-order valence-electron chi connectivity index (χ2n) is 4.21. The van der Waals surface area contributed by atoms with Gasteiger partial charge < -0.3 is 10.5 Å². The number of nitrogens with zero attached hydrogens (tertiary/aromatic N) is 1. The Kier molecular flexibility index (Phi) is 4.24. The van der Waals surface area contributed by atoms with E-state index in [2.05, 4.69) is 4.98 Å². The largest absolute Gasteiger partial charge is 0.374 e. The molecule has 0 radical (unpaired) electrons. The highest BCUT2D eigenvalue weighted by atomic mass is 16.5. The van der Waals surface area contributed by atoms with Crippen LogP contribution >= 0.6 is 0 Å². The van der Waals surface area contributed by atoms with Gasteiger partial charge in [-0.15, -0.1) is 0 Å². The molecule has 0 aliphatic carbocycles. The Morgan fingerprint density at radius 3 is 2.80 bits per heavy atom. The lowest BCUT2D eigenvalue weighted by molar-refractivity contribution is -0.0288. The fraction of sp³-hybridized carbons (Fsp3) is 0.583. The number of rotatable bonds is 5. The third-order valence-corrected chi connectivity index (χ3v) is 2.59. The van der Waals surface area contributed by atoms with Gasteiger partial charge in [-0.3, -0.25) is 4.98 Å². The van der Waals surface area contributed by atoms with E-state index >= 15 is 0 Å². The van der Waals surface area contributed by atoms with Crippen molar-refractivity contribution in [2.45, 2.75) is 38.8 Å². The Balaban J connectivity index is 2.59. The molecule has 0 amide bonds. The lowest BCUT2D eigenvalue weighted by atomic mass is 9.93.